The van der Waals surface area contributed by atoms with Crippen LogP contribution in [0.1, 0.15) is 17.3 Å². The highest BCUT2D eigenvalue weighted by Gasteiger charge is 2.16. The van der Waals surface area contributed by atoms with Crippen LogP contribution < -0.4 is 15.4 Å². The zero-order chi connectivity index (χ0) is 20.1. The molecule has 0 aliphatic heterocycles. The molecule has 0 spiro atoms. The molecule has 2 amide bonds. The van der Waals surface area contributed by atoms with E-state index in [0.717, 1.165) is 11.3 Å². The van der Waals surface area contributed by atoms with E-state index in [0.29, 0.717) is 11.4 Å². The Labute approximate surface area is 166 Å². The van der Waals surface area contributed by atoms with Crippen LogP contribution in [0.25, 0.3) is 0 Å². The topological polar surface area (TPSA) is 104 Å². The molecule has 0 aliphatic carbocycles. The highest BCUT2D eigenvalue weighted by atomic mass is 32.2. The van der Waals surface area contributed by atoms with Crippen LogP contribution in [0, 0.1) is 0 Å². The zero-order valence-corrected chi connectivity index (χ0v) is 16.4. The van der Waals surface area contributed by atoms with E-state index >= 15 is 0 Å². The molecule has 0 saturated carbocycles. The lowest BCUT2D eigenvalue weighted by molar-refractivity contribution is -0.114. The van der Waals surface area contributed by atoms with E-state index in [9.17, 15) is 18.0 Å². The van der Waals surface area contributed by atoms with Crippen LogP contribution in [-0.4, -0.2) is 20.2 Å². The predicted molar refractivity (Wildman–Crippen MR) is 110 cm³/mol. The quantitative estimate of drug-likeness (QED) is 0.570. The molecule has 0 saturated heterocycles. The molecule has 0 fully saturated rings. The Morgan fingerprint density at radius 1 is 0.857 bits per heavy atom. The second-order valence-corrected chi connectivity index (χ2v) is 8.69. The molecular weight excluding hydrogens is 398 g/mol. The van der Waals surface area contributed by atoms with Gasteiger partial charge in [0.25, 0.3) is 15.9 Å². The zero-order valence-electron chi connectivity index (χ0n) is 14.8. The molecule has 0 bridgehead atoms. The van der Waals surface area contributed by atoms with Gasteiger partial charge in [0.1, 0.15) is 4.21 Å². The number of amides is 2. The third-order valence-corrected chi connectivity index (χ3v) is 6.36. The van der Waals surface area contributed by atoms with Crippen LogP contribution in [0.5, 0.6) is 0 Å². The van der Waals surface area contributed by atoms with Crippen molar-refractivity contribution in [2.75, 3.05) is 15.4 Å². The molecule has 0 aliphatic rings. The largest absolute Gasteiger partial charge is 0.326 e. The van der Waals surface area contributed by atoms with Gasteiger partial charge in [-0.25, -0.2) is 8.42 Å². The van der Waals surface area contributed by atoms with Crippen LogP contribution in [-0.2, 0) is 14.8 Å². The summed E-state index contributed by atoms with van der Waals surface area (Å²) in [6.07, 6.45) is 0. The summed E-state index contributed by atoms with van der Waals surface area (Å²) >= 11 is 1.11. The molecule has 1 heterocycles. The Kier molecular flexibility index (Phi) is 5.76. The van der Waals surface area contributed by atoms with Gasteiger partial charge in [0, 0.05) is 29.5 Å². The molecule has 0 radical (unpaired) electrons. The summed E-state index contributed by atoms with van der Waals surface area (Å²) in [6, 6.07) is 16.1. The molecular formula is C19H17N3O4S2. The van der Waals surface area contributed by atoms with E-state index < -0.39 is 15.9 Å². The smallest absolute Gasteiger partial charge is 0.271 e. The van der Waals surface area contributed by atoms with E-state index in [2.05, 4.69) is 15.4 Å². The predicted octanol–water partition coefficient (Wildman–Crippen LogP) is 3.76. The summed E-state index contributed by atoms with van der Waals surface area (Å²) in [6.45, 7) is 1.40. The van der Waals surface area contributed by atoms with Crippen LogP contribution >= 0.6 is 11.3 Å². The Balaban J connectivity index is 1.75. The summed E-state index contributed by atoms with van der Waals surface area (Å²) in [5, 5.41) is 7.04. The molecule has 9 heteroatoms. The van der Waals surface area contributed by atoms with E-state index in [1.165, 1.54) is 19.1 Å². The average molecular weight is 415 g/mol. The van der Waals surface area contributed by atoms with Crippen molar-refractivity contribution in [3.05, 3.63) is 71.6 Å². The Hall–Kier alpha value is -3.17. The maximum atomic E-state index is 12.5. The minimum Gasteiger partial charge on any atom is -0.326 e. The molecule has 3 aromatic rings. The Morgan fingerprint density at radius 2 is 1.54 bits per heavy atom. The third-order valence-electron chi connectivity index (χ3n) is 3.58. The number of rotatable bonds is 6. The van der Waals surface area contributed by atoms with Gasteiger partial charge in [0.2, 0.25) is 5.91 Å². The van der Waals surface area contributed by atoms with Gasteiger partial charge in [-0.3, -0.25) is 14.3 Å². The van der Waals surface area contributed by atoms with E-state index in [4.69, 9.17) is 0 Å². The molecule has 0 unspecified atom stereocenters. The van der Waals surface area contributed by atoms with Crippen molar-refractivity contribution in [2.45, 2.75) is 11.1 Å². The van der Waals surface area contributed by atoms with Crippen molar-refractivity contribution in [3.8, 4) is 0 Å². The maximum absolute atomic E-state index is 12.5. The Morgan fingerprint density at radius 3 is 2.21 bits per heavy atom. The lowest BCUT2D eigenvalue weighted by Gasteiger charge is -2.10. The van der Waals surface area contributed by atoms with Gasteiger partial charge in [-0.2, -0.15) is 0 Å². The third kappa shape index (κ3) is 4.96. The molecule has 3 N–H and O–H groups in total. The number of hydrogen-bond donors (Lipinski definition) is 3. The lowest BCUT2D eigenvalue weighted by atomic mass is 10.2. The van der Waals surface area contributed by atoms with Crippen molar-refractivity contribution in [1.82, 2.24) is 0 Å². The van der Waals surface area contributed by atoms with Gasteiger partial charge in [-0.05, 0) is 47.8 Å². The summed E-state index contributed by atoms with van der Waals surface area (Å²) < 4.78 is 27.3. The second-order valence-electron chi connectivity index (χ2n) is 5.83. The number of carbonyl (C=O) groups excluding carboxylic acids is 2. The fraction of sp³-hybridized carbons (Fsp3) is 0.0526. The minimum atomic E-state index is -3.69. The average Bonchev–Trinajstić information content (AvgIpc) is 3.17. The summed E-state index contributed by atoms with van der Waals surface area (Å²) in [5.74, 6) is -0.619. The van der Waals surface area contributed by atoms with Gasteiger partial charge in [0.15, 0.2) is 0 Å². The van der Waals surface area contributed by atoms with Crippen LogP contribution in [0.4, 0.5) is 17.1 Å². The highest BCUT2D eigenvalue weighted by Crippen LogP contribution is 2.22. The van der Waals surface area contributed by atoms with Gasteiger partial charge >= 0.3 is 0 Å². The summed E-state index contributed by atoms with van der Waals surface area (Å²) in [7, 11) is -3.69. The number of hydrogen-bond acceptors (Lipinski definition) is 5. The van der Waals surface area contributed by atoms with Crippen LogP contribution in [0.15, 0.2) is 70.3 Å². The van der Waals surface area contributed by atoms with Crippen molar-refractivity contribution < 1.29 is 18.0 Å². The lowest BCUT2D eigenvalue weighted by Crippen LogP contribution is -2.14. The molecule has 0 atom stereocenters. The van der Waals surface area contributed by atoms with Crippen LogP contribution in [0.3, 0.4) is 0 Å². The van der Waals surface area contributed by atoms with Crippen molar-refractivity contribution in [1.29, 1.82) is 0 Å². The first-order valence-corrected chi connectivity index (χ1v) is 10.6. The number of nitrogens with one attached hydrogen (secondary N) is 3. The molecule has 1 aromatic heterocycles. The van der Waals surface area contributed by atoms with Crippen molar-refractivity contribution in [2.24, 2.45) is 0 Å². The van der Waals surface area contributed by atoms with Gasteiger partial charge in [-0.15, -0.1) is 11.3 Å². The second kappa shape index (κ2) is 8.24. The normalized spacial score (nSPS) is 10.9. The number of carbonyl (C=O) groups is 2. The molecule has 3 rings (SSSR count). The number of benzene rings is 2. The van der Waals surface area contributed by atoms with Gasteiger partial charge < -0.3 is 10.6 Å². The number of anilines is 3. The first-order valence-electron chi connectivity index (χ1n) is 8.19. The molecule has 7 nitrogen and oxygen atoms in total. The summed E-state index contributed by atoms with van der Waals surface area (Å²) in [4.78, 5) is 23.7. The minimum absolute atomic E-state index is 0.192. The fourth-order valence-corrected chi connectivity index (χ4v) is 4.47. The van der Waals surface area contributed by atoms with Crippen molar-refractivity contribution in [3.63, 3.8) is 0 Å². The standard InChI is InChI=1S/C19H17N3O4S2/c1-13(23)20-15-6-3-7-16(12-15)21-19(24)14-5-2-8-17(11-14)22-28(25,26)18-9-4-10-27-18/h2-12,22H,1H3,(H,20,23)(H,21,24). The SMILES string of the molecule is CC(=O)Nc1cccc(NC(=O)c2cccc(NS(=O)(=O)c3cccs3)c2)c1. The van der Waals surface area contributed by atoms with Crippen molar-refractivity contribution >= 4 is 50.2 Å². The first kappa shape index (κ1) is 19.6. The monoisotopic (exact) mass is 415 g/mol. The first-order chi connectivity index (χ1) is 13.3. The molecule has 2 aromatic carbocycles. The number of sulfonamides is 1. The Bertz CT molecular complexity index is 1110. The summed E-state index contributed by atoms with van der Waals surface area (Å²) in [5.41, 5.74) is 1.63. The van der Waals surface area contributed by atoms with E-state index in [1.54, 1.807) is 53.9 Å². The van der Waals surface area contributed by atoms with E-state index in [-0.39, 0.29) is 21.4 Å². The molecule has 144 valence electrons. The van der Waals surface area contributed by atoms with Crippen LogP contribution in [0.2, 0.25) is 0 Å². The number of thiophene rings is 1. The molecule has 28 heavy (non-hydrogen) atoms. The maximum Gasteiger partial charge on any atom is 0.271 e. The highest BCUT2D eigenvalue weighted by molar-refractivity contribution is 7.94. The van der Waals surface area contributed by atoms with Gasteiger partial charge in [-0.1, -0.05) is 18.2 Å². The fourth-order valence-electron chi connectivity index (χ4n) is 2.43. The van der Waals surface area contributed by atoms with E-state index in [1.807, 2.05) is 0 Å². The van der Waals surface area contributed by atoms with Gasteiger partial charge in [0.05, 0.1) is 0 Å².